The summed E-state index contributed by atoms with van der Waals surface area (Å²) in [7, 11) is 0. The van der Waals surface area contributed by atoms with E-state index in [9.17, 15) is 9.18 Å². The lowest BCUT2D eigenvalue weighted by Crippen LogP contribution is -2.20. The number of benzene rings is 1. The van der Waals surface area contributed by atoms with Crippen LogP contribution in [0.3, 0.4) is 0 Å². The van der Waals surface area contributed by atoms with Gasteiger partial charge in [0.05, 0.1) is 0 Å². The molecule has 3 heteroatoms. The molecule has 0 aliphatic heterocycles. The molecule has 0 spiro atoms. The predicted molar refractivity (Wildman–Crippen MR) is 81.2 cm³/mol. The first-order valence-corrected chi connectivity index (χ1v) is 7.63. The summed E-state index contributed by atoms with van der Waals surface area (Å²) in [6.07, 6.45) is 1.54. The van der Waals surface area contributed by atoms with E-state index in [-0.39, 0.29) is 5.82 Å². The molecule has 2 fully saturated rings. The number of hydrogen-bond acceptors (Lipinski definition) is 2. The van der Waals surface area contributed by atoms with E-state index < -0.39 is 0 Å². The summed E-state index contributed by atoms with van der Waals surface area (Å²) in [6, 6.07) is 6.58. The van der Waals surface area contributed by atoms with Gasteiger partial charge >= 0.3 is 0 Å². The van der Waals surface area contributed by atoms with Crippen LogP contribution in [0.2, 0.25) is 0 Å². The van der Waals surface area contributed by atoms with Gasteiger partial charge in [-0.15, -0.1) is 0 Å². The summed E-state index contributed by atoms with van der Waals surface area (Å²) < 4.78 is 12.8. The molecule has 2 aliphatic carbocycles. The Hall–Kier alpha value is -1.64. The number of carbonyl (C=O) groups excluding carboxylic acids is 1. The van der Waals surface area contributed by atoms with Gasteiger partial charge in [-0.1, -0.05) is 26.0 Å². The van der Waals surface area contributed by atoms with Crippen LogP contribution in [0.1, 0.15) is 32.8 Å². The van der Waals surface area contributed by atoms with E-state index in [1.807, 2.05) is 6.92 Å². The van der Waals surface area contributed by atoms with Gasteiger partial charge in [0, 0.05) is 24.2 Å². The summed E-state index contributed by atoms with van der Waals surface area (Å²) in [5.74, 6) is 1.11. The topological polar surface area (TPSA) is 29.1 Å². The maximum atomic E-state index is 12.8. The van der Waals surface area contributed by atoms with Crippen molar-refractivity contribution in [2.45, 2.75) is 33.6 Å². The van der Waals surface area contributed by atoms with Crippen molar-refractivity contribution in [2.24, 2.45) is 17.3 Å². The third-order valence-electron chi connectivity index (χ3n) is 5.19. The zero-order chi connectivity index (χ0) is 15.2. The SMILES string of the molecule is CC(NCCc1ccc(F)cc1)=C1C(=O)CC2C1C2(C)C. The number of ketones is 1. The van der Waals surface area contributed by atoms with Crippen LogP contribution in [0.5, 0.6) is 0 Å². The van der Waals surface area contributed by atoms with Crippen LogP contribution in [-0.4, -0.2) is 12.3 Å². The van der Waals surface area contributed by atoms with Crippen molar-refractivity contribution in [3.63, 3.8) is 0 Å². The number of carbonyl (C=O) groups is 1. The minimum Gasteiger partial charge on any atom is -0.388 e. The fourth-order valence-electron chi connectivity index (χ4n) is 3.76. The molecular weight excluding hydrogens is 265 g/mol. The van der Waals surface area contributed by atoms with Crippen molar-refractivity contribution in [2.75, 3.05) is 6.54 Å². The van der Waals surface area contributed by atoms with Crippen LogP contribution in [-0.2, 0) is 11.2 Å². The van der Waals surface area contributed by atoms with Crippen LogP contribution >= 0.6 is 0 Å². The fraction of sp³-hybridized carbons (Fsp3) is 0.500. The number of rotatable bonds is 4. The van der Waals surface area contributed by atoms with Crippen LogP contribution in [0.4, 0.5) is 4.39 Å². The molecule has 0 amide bonds. The highest BCUT2D eigenvalue weighted by Crippen LogP contribution is 2.68. The van der Waals surface area contributed by atoms with Crippen LogP contribution in [0, 0.1) is 23.1 Å². The Morgan fingerprint density at radius 1 is 1.33 bits per heavy atom. The first-order valence-electron chi connectivity index (χ1n) is 7.63. The van der Waals surface area contributed by atoms with E-state index in [2.05, 4.69) is 19.2 Å². The highest BCUT2D eigenvalue weighted by molar-refractivity contribution is 6.01. The molecule has 1 aromatic carbocycles. The first-order chi connectivity index (χ1) is 9.91. The highest BCUT2D eigenvalue weighted by atomic mass is 19.1. The molecule has 0 saturated heterocycles. The fourth-order valence-corrected chi connectivity index (χ4v) is 3.76. The van der Waals surface area contributed by atoms with Gasteiger partial charge in [-0.3, -0.25) is 4.79 Å². The van der Waals surface area contributed by atoms with E-state index in [1.54, 1.807) is 12.1 Å². The van der Waals surface area contributed by atoms with Crippen LogP contribution in [0.25, 0.3) is 0 Å². The molecule has 2 nitrogen and oxygen atoms in total. The maximum absolute atomic E-state index is 12.8. The quantitative estimate of drug-likeness (QED) is 0.859. The standard InChI is InChI=1S/C18H22FNO/c1-11(16-15(21)10-14-17(16)18(14,2)3)20-9-8-12-4-6-13(19)7-5-12/h4-7,14,17,20H,8-10H2,1-3H3. The Balaban J connectivity index is 1.61. The van der Waals surface area contributed by atoms with Gasteiger partial charge in [0.15, 0.2) is 5.78 Å². The molecule has 2 saturated carbocycles. The molecule has 112 valence electrons. The number of nitrogens with one attached hydrogen (secondary N) is 1. The average molecular weight is 287 g/mol. The summed E-state index contributed by atoms with van der Waals surface area (Å²) in [4.78, 5) is 12.1. The van der Waals surface area contributed by atoms with Crippen LogP contribution < -0.4 is 5.32 Å². The molecule has 1 N–H and O–H groups in total. The average Bonchev–Trinajstić information content (AvgIpc) is 2.80. The van der Waals surface area contributed by atoms with E-state index in [1.165, 1.54) is 12.1 Å². The van der Waals surface area contributed by atoms with E-state index in [0.717, 1.165) is 29.8 Å². The van der Waals surface area contributed by atoms with Crippen molar-refractivity contribution in [3.05, 3.63) is 46.9 Å². The summed E-state index contributed by atoms with van der Waals surface area (Å²) in [5, 5.41) is 3.38. The zero-order valence-electron chi connectivity index (χ0n) is 12.9. The van der Waals surface area contributed by atoms with Gasteiger partial charge in [0.1, 0.15) is 5.82 Å². The molecule has 21 heavy (non-hydrogen) atoms. The summed E-state index contributed by atoms with van der Waals surface area (Å²) >= 11 is 0. The third kappa shape index (κ3) is 2.50. The molecule has 0 aromatic heterocycles. The smallest absolute Gasteiger partial charge is 0.161 e. The number of Topliss-reactive ketones (excluding diaryl/α,β-unsaturated/α-hetero) is 1. The van der Waals surface area contributed by atoms with Crippen molar-refractivity contribution < 1.29 is 9.18 Å². The van der Waals surface area contributed by atoms with Crippen molar-refractivity contribution in [1.82, 2.24) is 5.32 Å². The molecule has 2 atom stereocenters. The van der Waals surface area contributed by atoms with Crippen LogP contribution in [0.15, 0.2) is 35.5 Å². The van der Waals surface area contributed by atoms with E-state index >= 15 is 0 Å². The Bertz CT molecular complexity index is 600. The Kier molecular flexibility index (Phi) is 3.39. The molecular formula is C18H22FNO. The number of halogens is 1. The lowest BCUT2D eigenvalue weighted by atomic mass is 9.95. The van der Waals surface area contributed by atoms with Gasteiger partial charge in [-0.05, 0) is 48.3 Å². The van der Waals surface area contributed by atoms with Crippen molar-refractivity contribution in [1.29, 1.82) is 0 Å². The van der Waals surface area contributed by atoms with E-state index in [4.69, 9.17) is 0 Å². The highest BCUT2D eigenvalue weighted by Gasteiger charge is 2.65. The summed E-state index contributed by atoms with van der Waals surface area (Å²) in [6.45, 7) is 7.28. The van der Waals surface area contributed by atoms with Gasteiger partial charge in [0.25, 0.3) is 0 Å². The van der Waals surface area contributed by atoms with Crippen molar-refractivity contribution in [3.8, 4) is 0 Å². The Morgan fingerprint density at radius 3 is 2.62 bits per heavy atom. The molecule has 0 radical (unpaired) electrons. The monoisotopic (exact) mass is 287 g/mol. The Labute approximate surface area is 125 Å². The molecule has 2 unspecified atom stereocenters. The molecule has 0 heterocycles. The normalized spacial score (nSPS) is 28.3. The number of allylic oxidation sites excluding steroid dienone is 2. The second-order valence-corrected chi connectivity index (χ2v) is 6.87. The Morgan fingerprint density at radius 2 is 2.00 bits per heavy atom. The minimum absolute atomic E-state index is 0.205. The second kappa shape index (κ2) is 4.97. The molecule has 0 bridgehead atoms. The first kappa shape index (κ1) is 14.3. The lowest BCUT2D eigenvalue weighted by molar-refractivity contribution is -0.115. The van der Waals surface area contributed by atoms with Crippen molar-refractivity contribution >= 4 is 5.78 Å². The zero-order valence-corrected chi connectivity index (χ0v) is 12.9. The maximum Gasteiger partial charge on any atom is 0.161 e. The minimum atomic E-state index is -0.205. The molecule has 2 aliphatic rings. The third-order valence-corrected chi connectivity index (χ3v) is 5.19. The largest absolute Gasteiger partial charge is 0.388 e. The lowest BCUT2D eigenvalue weighted by Gasteiger charge is -2.14. The van der Waals surface area contributed by atoms with Gasteiger partial charge in [-0.2, -0.15) is 0 Å². The van der Waals surface area contributed by atoms with E-state index in [0.29, 0.717) is 29.5 Å². The van der Waals surface area contributed by atoms with Gasteiger partial charge in [-0.25, -0.2) is 4.39 Å². The summed E-state index contributed by atoms with van der Waals surface area (Å²) in [5.41, 5.74) is 3.44. The second-order valence-electron chi connectivity index (χ2n) is 6.87. The number of hydrogen-bond donors (Lipinski definition) is 1. The molecule has 1 aromatic rings. The van der Waals surface area contributed by atoms with Gasteiger partial charge < -0.3 is 5.32 Å². The molecule has 3 rings (SSSR count). The van der Waals surface area contributed by atoms with Gasteiger partial charge in [0.2, 0.25) is 0 Å². The number of fused-ring (bicyclic) bond motifs is 1. The predicted octanol–water partition coefficient (Wildman–Crippen LogP) is 3.48.